The minimum absolute atomic E-state index is 0.310. The molecule has 0 fully saturated rings. The van der Waals surface area contributed by atoms with Crippen LogP contribution in [0.4, 0.5) is 5.69 Å². The molecule has 1 rings (SSSR count). The van der Waals surface area contributed by atoms with Gasteiger partial charge in [0.25, 0.3) is 0 Å². The maximum atomic E-state index is 6.00. The number of hydrogen-bond donors (Lipinski definition) is 1. The van der Waals surface area contributed by atoms with E-state index in [2.05, 4.69) is 28.2 Å². The lowest BCUT2D eigenvalue weighted by molar-refractivity contribution is 0.184. The van der Waals surface area contributed by atoms with Gasteiger partial charge in [0.1, 0.15) is 0 Å². The highest BCUT2D eigenvalue weighted by molar-refractivity contribution is 9.10. The van der Waals surface area contributed by atoms with Crippen LogP contribution in [0.3, 0.4) is 0 Å². The van der Waals surface area contributed by atoms with E-state index in [1.165, 1.54) is 0 Å². The van der Waals surface area contributed by atoms with Crippen molar-refractivity contribution < 1.29 is 4.74 Å². The summed E-state index contributed by atoms with van der Waals surface area (Å²) in [7, 11) is 1.71. The molecule has 0 saturated carbocycles. The molecule has 0 aromatic heterocycles. The van der Waals surface area contributed by atoms with Gasteiger partial charge in [-0.1, -0.05) is 24.6 Å². The minimum atomic E-state index is 0.310. The molecule has 0 aliphatic carbocycles. The van der Waals surface area contributed by atoms with Crippen LogP contribution in [0.1, 0.15) is 13.3 Å². The fourth-order valence-corrected chi connectivity index (χ4v) is 1.85. The van der Waals surface area contributed by atoms with Crippen LogP contribution in [-0.2, 0) is 4.74 Å². The first-order valence-electron chi connectivity index (χ1n) is 4.88. The first-order valence-corrected chi connectivity index (χ1v) is 6.05. The first kappa shape index (κ1) is 12.8. The molecule has 4 heteroatoms. The first-order chi connectivity index (χ1) is 7.19. The van der Waals surface area contributed by atoms with Gasteiger partial charge in [-0.05, 0) is 34.5 Å². The van der Waals surface area contributed by atoms with E-state index in [4.69, 9.17) is 16.3 Å². The summed E-state index contributed by atoms with van der Waals surface area (Å²) in [6.07, 6.45) is 1.01. The monoisotopic (exact) mass is 291 g/mol. The highest BCUT2D eigenvalue weighted by Gasteiger charge is 2.09. The maximum Gasteiger partial charge on any atom is 0.0663 e. The van der Waals surface area contributed by atoms with Crippen LogP contribution in [0.2, 0.25) is 5.02 Å². The summed E-state index contributed by atoms with van der Waals surface area (Å²) in [5, 5.41) is 4.10. The number of ether oxygens (including phenoxy) is 1. The summed E-state index contributed by atoms with van der Waals surface area (Å²) in [5.74, 6) is 0. The van der Waals surface area contributed by atoms with Crippen LogP contribution < -0.4 is 5.32 Å². The molecule has 0 saturated heterocycles. The molecule has 0 amide bonds. The molecule has 0 radical (unpaired) electrons. The Morgan fingerprint density at radius 2 is 2.27 bits per heavy atom. The average molecular weight is 293 g/mol. The molecular weight excluding hydrogens is 277 g/mol. The standard InChI is InChI=1S/C11H15BrClNO/c1-3-8(7-15-2)14-10-6-4-5-9(13)11(10)12/h4-6,8,14H,3,7H2,1-2H3. The molecule has 1 aromatic rings. The van der Waals surface area contributed by atoms with E-state index in [0.29, 0.717) is 17.7 Å². The van der Waals surface area contributed by atoms with Gasteiger partial charge in [-0.3, -0.25) is 0 Å². The Balaban J connectivity index is 2.74. The zero-order valence-electron chi connectivity index (χ0n) is 8.89. The Morgan fingerprint density at radius 3 is 2.87 bits per heavy atom. The van der Waals surface area contributed by atoms with Crippen molar-refractivity contribution in [2.24, 2.45) is 0 Å². The van der Waals surface area contributed by atoms with Crippen molar-refractivity contribution in [3.63, 3.8) is 0 Å². The van der Waals surface area contributed by atoms with Crippen LogP contribution in [0, 0.1) is 0 Å². The van der Waals surface area contributed by atoms with Crippen molar-refractivity contribution in [3.05, 3.63) is 27.7 Å². The van der Waals surface area contributed by atoms with Gasteiger partial charge in [0.05, 0.1) is 21.8 Å². The van der Waals surface area contributed by atoms with Crippen LogP contribution >= 0.6 is 27.5 Å². The van der Waals surface area contributed by atoms with Gasteiger partial charge in [-0.2, -0.15) is 0 Å². The lowest BCUT2D eigenvalue weighted by Crippen LogP contribution is -2.24. The van der Waals surface area contributed by atoms with Gasteiger partial charge in [0, 0.05) is 13.2 Å². The number of nitrogens with one attached hydrogen (secondary N) is 1. The summed E-state index contributed by atoms with van der Waals surface area (Å²) in [6, 6.07) is 6.09. The summed E-state index contributed by atoms with van der Waals surface area (Å²) in [6.45, 7) is 2.81. The Labute approximate surface area is 104 Å². The molecule has 1 atom stereocenters. The maximum absolute atomic E-state index is 6.00. The van der Waals surface area contributed by atoms with Crippen LogP contribution in [0.15, 0.2) is 22.7 Å². The number of anilines is 1. The van der Waals surface area contributed by atoms with E-state index in [0.717, 1.165) is 16.6 Å². The van der Waals surface area contributed by atoms with E-state index >= 15 is 0 Å². The van der Waals surface area contributed by atoms with E-state index in [1.807, 2.05) is 18.2 Å². The fraction of sp³-hybridized carbons (Fsp3) is 0.455. The van der Waals surface area contributed by atoms with E-state index in [1.54, 1.807) is 7.11 Å². The quantitative estimate of drug-likeness (QED) is 0.887. The predicted molar refractivity (Wildman–Crippen MR) is 68.7 cm³/mol. The molecule has 0 heterocycles. The second-order valence-corrected chi connectivity index (χ2v) is 4.51. The van der Waals surface area contributed by atoms with Crippen molar-refractivity contribution in [1.29, 1.82) is 0 Å². The van der Waals surface area contributed by atoms with Crippen molar-refractivity contribution in [2.75, 3.05) is 19.0 Å². The van der Waals surface area contributed by atoms with Crippen molar-refractivity contribution >= 4 is 33.2 Å². The Kier molecular flexibility index (Phi) is 5.43. The molecule has 0 bridgehead atoms. The number of hydrogen-bond acceptors (Lipinski definition) is 2. The van der Waals surface area contributed by atoms with Crippen molar-refractivity contribution in [2.45, 2.75) is 19.4 Å². The van der Waals surface area contributed by atoms with Gasteiger partial charge in [0.15, 0.2) is 0 Å². The van der Waals surface area contributed by atoms with E-state index in [-0.39, 0.29) is 0 Å². The Bertz CT molecular complexity index is 319. The summed E-state index contributed by atoms with van der Waals surface area (Å²) in [4.78, 5) is 0. The van der Waals surface area contributed by atoms with Crippen LogP contribution in [-0.4, -0.2) is 19.8 Å². The molecule has 1 N–H and O–H groups in total. The normalized spacial score (nSPS) is 12.5. The van der Waals surface area contributed by atoms with Gasteiger partial charge in [-0.15, -0.1) is 0 Å². The molecule has 1 aromatic carbocycles. The Hall–Kier alpha value is -0.250. The molecule has 0 aliphatic rings. The van der Waals surface area contributed by atoms with Crippen molar-refractivity contribution in [3.8, 4) is 0 Å². The highest BCUT2D eigenvalue weighted by Crippen LogP contribution is 2.30. The van der Waals surface area contributed by atoms with Crippen LogP contribution in [0.5, 0.6) is 0 Å². The van der Waals surface area contributed by atoms with Gasteiger partial charge in [0.2, 0.25) is 0 Å². The zero-order chi connectivity index (χ0) is 11.3. The second kappa shape index (κ2) is 6.36. The molecule has 1 unspecified atom stereocenters. The SMILES string of the molecule is CCC(COC)Nc1cccc(Cl)c1Br. The minimum Gasteiger partial charge on any atom is -0.383 e. The molecule has 0 spiro atoms. The summed E-state index contributed by atoms with van der Waals surface area (Å²) < 4.78 is 6.03. The van der Waals surface area contributed by atoms with Gasteiger partial charge < -0.3 is 10.1 Å². The summed E-state index contributed by atoms with van der Waals surface area (Å²) in [5.41, 5.74) is 1.01. The van der Waals surface area contributed by atoms with E-state index in [9.17, 15) is 0 Å². The van der Waals surface area contributed by atoms with Gasteiger partial charge >= 0.3 is 0 Å². The number of rotatable bonds is 5. The fourth-order valence-electron chi connectivity index (χ4n) is 1.30. The molecule has 0 aliphatic heterocycles. The number of benzene rings is 1. The second-order valence-electron chi connectivity index (χ2n) is 3.31. The summed E-state index contributed by atoms with van der Waals surface area (Å²) >= 11 is 9.45. The smallest absolute Gasteiger partial charge is 0.0663 e. The third-order valence-electron chi connectivity index (χ3n) is 2.17. The third-order valence-corrected chi connectivity index (χ3v) is 3.57. The van der Waals surface area contributed by atoms with E-state index < -0.39 is 0 Å². The third kappa shape index (κ3) is 3.67. The lowest BCUT2D eigenvalue weighted by Gasteiger charge is -2.18. The highest BCUT2D eigenvalue weighted by atomic mass is 79.9. The zero-order valence-corrected chi connectivity index (χ0v) is 11.2. The largest absolute Gasteiger partial charge is 0.383 e. The predicted octanol–water partition coefficient (Wildman–Crippen LogP) is 3.94. The lowest BCUT2D eigenvalue weighted by atomic mass is 10.2. The number of halogens is 2. The topological polar surface area (TPSA) is 21.3 Å². The van der Waals surface area contributed by atoms with Crippen molar-refractivity contribution in [1.82, 2.24) is 0 Å². The average Bonchev–Trinajstić information content (AvgIpc) is 2.24. The molecular formula is C11H15BrClNO. The molecule has 15 heavy (non-hydrogen) atoms. The number of methoxy groups -OCH3 is 1. The molecule has 84 valence electrons. The molecule has 2 nitrogen and oxygen atoms in total. The Morgan fingerprint density at radius 1 is 1.53 bits per heavy atom. The van der Waals surface area contributed by atoms with Gasteiger partial charge in [-0.25, -0.2) is 0 Å². The van der Waals surface area contributed by atoms with Crippen LogP contribution in [0.25, 0.3) is 0 Å².